The summed E-state index contributed by atoms with van der Waals surface area (Å²) in [4.78, 5) is 48.4. The summed E-state index contributed by atoms with van der Waals surface area (Å²) in [6.45, 7) is 16.7. The fourth-order valence-corrected chi connectivity index (χ4v) is 11.1. The third-order valence-corrected chi connectivity index (χ3v) is 14.3. The minimum atomic E-state index is -0.626. The second-order valence-electron chi connectivity index (χ2n) is 15.2. The summed E-state index contributed by atoms with van der Waals surface area (Å²) < 4.78 is 9.94. The summed E-state index contributed by atoms with van der Waals surface area (Å²) in [6, 6.07) is 0. The maximum atomic E-state index is 12.6. The molecule has 6 fully saturated rings. The summed E-state index contributed by atoms with van der Waals surface area (Å²) in [5.41, 5.74) is -1.29. The van der Waals surface area contributed by atoms with Crippen LogP contribution in [-0.4, -0.2) is 23.9 Å². The summed E-state index contributed by atoms with van der Waals surface area (Å²) in [5, 5.41) is 0. The predicted molar refractivity (Wildman–Crippen MR) is 165 cm³/mol. The van der Waals surface area contributed by atoms with Gasteiger partial charge in [-0.25, -0.2) is 0 Å². The van der Waals surface area contributed by atoms with Crippen LogP contribution < -0.4 is 0 Å². The van der Waals surface area contributed by atoms with Gasteiger partial charge < -0.3 is 9.47 Å². The Balaban J connectivity index is 0.000000403. The maximum absolute atomic E-state index is 12.6. The first-order chi connectivity index (χ1) is 18.7. The Hall–Kier alpha value is 0.488. The molecular weight excluding hydrogens is 706 g/mol. The monoisotopic (exact) mass is 766 g/mol. The van der Waals surface area contributed by atoms with Crippen LogP contribution in [0.5, 0.6) is 0 Å². The Labute approximate surface area is 318 Å². The molecule has 0 aromatic heterocycles. The van der Waals surface area contributed by atoms with Crippen LogP contribution in [0.25, 0.3) is 0 Å². The quantitative estimate of drug-likeness (QED) is 0.200. The van der Waals surface area contributed by atoms with Gasteiger partial charge >= 0.3 is 23.9 Å². The van der Waals surface area contributed by atoms with E-state index in [4.69, 9.17) is 9.47 Å². The molecule has 2 saturated heterocycles. The molecule has 8 heteroatoms. The molecule has 0 amide bonds. The second-order valence-corrected chi connectivity index (χ2v) is 15.2. The number of cyclic esters (lactones) is 4. The van der Waals surface area contributed by atoms with Gasteiger partial charge in [0, 0.05) is 65.4 Å². The summed E-state index contributed by atoms with van der Waals surface area (Å²) in [6.07, 6.45) is 11.1. The number of hydrogen-bond donors (Lipinski definition) is 0. The summed E-state index contributed by atoms with van der Waals surface area (Å²) in [7, 11) is 0. The number of esters is 4. The number of fused-ring (bicyclic) bond motifs is 4. The first-order valence-corrected chi connectivity index (χ1v) is 16.3. The van der Waals surface area contributed by atoms with Crippen LogP contribution in [0.1, 0.15) is 128 Å². The fraction of sp³-hybridized carbons (Fsp3) is 0.889. The number of ether oxygens (including phenoxy) is 2. The number of carbonyl (C=O) groups is 4. The topological polar surface area (TPSA) is 86.7 Å². The molecule has 44 heavy (non-hydrogen) atoms. The number of hydrogen-bond acceptors (Lipinski definition) is 6. The van der Waals surface area contributed by atoms with Crippen LogP contribution in [0, 0.1) is 75.4 Å². The molecule has 13 unspecified atom stereocenters. The van der Waals surface area contributed by atoms with E-state index in [1.54, 1.807) is 0 Å². The molecule has 13 atom stereocenters. The zero-order chi connectivity index (χ0) is 29.4. The van der Waals surface area contributed by atoms with Crippen molar-refractivity contribution in [3.8, 4) is 0 Å². The molecule has 0 spiro atoms. The Bertz CT molecular complexity index is 1070. The van der Waals surface area contributed by atoms with Crippen LogP contribution in [0.3, 0.4) is 0 Å². The van der Waals surface area contributed by atoms with Gasteiger partial charge in [-0.1, -0.05) is 62.8 Å². The first kappa shape index (κ1) is 42.5. The van der Waals surface area contributed by atoms with Crippen LogP contribution in [0.2, 0.25) is 0 Å². The largest absolute Gasteiger partial charge is 0.392 e. The Kier molecular flexibility index (Phi) is 14.8. The van der Waals surface area contributed by atoms with E-state index in [-0.39, 0.29) is 127 Å². The van der Waals surface area contributed by atoms with Gasteiger partial charge in [-0.15, -0.1) is 0 Å². The van der Waals surface area contributed by atoms with Gasteiger partial charge in [0.1, 0.15) is 0 Å². The van der Waals surface area contributed by atoms with Gasteiger partial charge in [-0.05, 0) is 118 Å². The summed E-state index contributed by atoms with van der Waals surface area (Å²) >= 11 is 0. The molecule has 4 saturated carbocycles. The number of rotatable bonds is 6. The molecule has 0 aromatic carbocycles. The van der Waals surface area contributed by atoms with E-state index in [1.165, 1.54) is 38.5 Å². The smallest absolute Gasteiger partial charge is 0.320 e. The Morgan fingerprint density at radius 1 is 0.773 bits per heavy atom. The molecule has 0 N–H and O–H groups in total. The molecule has 6 aliphatic rings. The van der Waals surface area contributed by atoms with E-state index in [1.807, 2.05) is 27.7 Å². The van der Waals surface area contributed by atoms with E-state index >= 15 is 0 Å². The first-order valence-electron chi connectivity index (χ1n) is 16.3. The molecule has 246 valence electrons. The van der Waals surface area contributed by atoms with Crippen molar-refractivity contribution in [1.29, 1.82) is 0 Å². The third kappa shape index (κ3) is 6.10. The number of carbonyl (C=O) groups excluding carboxylic acids is 4. The summed E-state index contributed by atoms with van der Waals surface area (Å²) in [5.74, 6) is 3.49. The SMILES string of the molecule is C.C.CC1C2CCC(C2)C1CC(C)C1(C)C(=O)OC(=O)C1C.CCCC1(C2(C)C(=O)OC(=O)C2C)C2CCC(C2)C1C.[Y].[Y]. The van der Waals surface area contributed by atoms with E-state index in [0.717, 1.165) is 48.9 Å². The van der Waals surface area contributed by atoms with Gasteiger partial charge in [-0.2, -0.15) is 0 Å². The van der Waals surface area contributed by atoms with Crippen LogP contribution >= 0.6 is 0 Å². The standard InChI is InChI=1S/2C17H26O3.2CH4.2Y/c1-9(17(4)11(3)15(18)20-16(17)19)7-14-10(2)12-5-6-13(14)8-12;1-5-8-17(10(2)12-6-7-13(17)9-12)16(4)11(3)14(18)20-15(16)19;;;;/h9-14H,5-8H2,1-4H3;10-13H,5-9H2,1-4H3;2*1H4;;. The normalized spacial score (nSPS) is 45.2. The van der Waals surface area contributed by atoms with E-state index < -0.39 is 10.8 Å². The molecule has 2 heterocycles. The predicted octanol–water partition coefficient (Wildman–Crippen LogP) is 8.25. The van der Waals surface area contributed by atoms with Crippen molar-refractivity contribution in [2.75, 3.05) is 0 Å². The van der Waals surface area contributed by atoms with E-state index in [9.17, 15) is 19.2 Å². The zero-order valence-electron chi connectivity index (χ0n) is 27.2. The molecule has 2 radical (unpaired) electrons. The molecule has 2 aliphatic heterocycles. The van der Waals surface area contributed by atoms with Gasteiger partial charge in [0.2, 0.25) is 0 Å². The molecule has 6 nitrogen and oxygen atoms in total. The molecule has 4 bridgehead atoms. The van der Waals surface area contributed by atoms with Gasteiger partial charge in [0.25, 0.3) is 0 Å². The van der Waals surface area contributed by atoms with Gasteiger partial charge in [0.15, 0.2) is 0 Å². The minimum Gasteiger partial charge on any atom is -0.392 e. The van der Waals surface area contributed by atoms with Crippen molar-refractivity contribution in [2.24, 2.45) is 75.4 Å². The van der Waals surface area contributed by atoms with Gasteiger partial charge in [-0.3, -0.25) is 19.2 Å². The van der Waals surface area contributed by atoms with Crippen molar-refractivity contribution in [2.45, 2.75) is 128 Å². The van der Waals surface area contributed by atoms with Crippen molar-refractivity contribution in [3.63, 3.8) is 0 Å². The molecule has 6 rings (SSSR count). The molecule has 0 aromatic rings. The van der Waals surface area contributed by atoms with Crippen LogP contribution in [0.4, 0.5) is 0 Å². The Morgan fingerprint density at radius 3 is 1.75 bits per heavy atom. The van der Waals surface area contributed by atoms with Crippen LogP contribution in [-0.2, 0) is 94.1 Å². The van der Waals surface area contributed by atoms with Crippen molar-refractivity contribution < 1.29 is 94.1 Å². The van der Waals surface area contributed by atoms with E-state index in [2.05, 4.69) is 27.7 Å². The third-order valence-electron chi connectivity index (χ3n) is 14.3. The minimum absolute atomic E-state index is 0. The zero-order valence-corrected chi connectivity index (χ0v) is 32.9. The fourth-order valence-electron chi connectivity index (χ4n) is 11.1. The molecular formula is C36H60O6Y2. The second kappa shape index (κ2) is 15.4. The van der Waals surface area contributed by atoms with Crippen molar-refractivity contribution in [1.82, 2.24) is 0 Å². The molecule has 4 aliphatic carbocycles. The van der Waals surface area contributed by atoms with Gasteiger partial charge in [0.05, 0.1) is 22.7 Å². The Morgan fingerprint density at radius 2 is 1.32 bits per heavy atom. The average Bonchev–Trinajstić information content (AvgIpc) is 3.75. The van der Waals surface area contributed by atoms with Crippen LogP contribution in [0.15, 0.2) is 0 Å². The average molecular weight is 767 g/mol. The van der Waals surface area contributed by atoms with E-state index in [0.29, 0.717) is 11.8 Å². The maximum Gasteiger partial charge on any atom is 0.320 e. The van der Waals surface area contributed by atoms with Crippen molar-refractivity contribution >= 4 is 23.9 Å². The van der Waals surface area contributed by atoms with Crippen molar-refractivity contribution in [3.05, 3.63) is 0 Å².